The van der Waals surface area contributed by atoms with E-state index in [9.17, 15) is 4.79 Å². The molecule has 0 radical (unpaired) electrons. The molecule has 1 rings (SSSR count). The van der Waals surface area contributed by atoms with Gasteiger partial charge in [0.1, 0.15) is 0 Å². The van der Waals surface area contributed by atoms with E-state index < -0.39 is 5.97 Å². The summed E-state index contributed by atoms with van der Waals surface area (Å²) < 4.78 is 1.89. The van der Waals surface area contributed by atoms with E-state index in [2.05, 4.69) is 18.9 Å². The molecule has 1 atom stereocenters. The van der Waals surface area contributed by atoms with Gasteiger partial charge in [-0.25, -0.2) is 0 Å². The van der Waals surface area contributed by atoms with E-state index in [1.165, 1.54) is 0 Å². The molecule has 0 spiro atoms. The monoisotopic (exact) mass is 196 g/mol. The van der Waals surface area contributed by atoms with Gasteiger partial charge in [0.2, 0.25) is 0 Å². The van der Waals surface area contributed by atoms with E-state index in [-0.39, 0.29) is 6.42 Å². The third-order valence-electron chi connectivity index (χ3n) is 2.30. The summed E-state index contributed by atoms with van der Waals surface area (Å²) in [4.78, 5) is 10.3. The van der Waals surface area contributed by atoms with Gasteiger partial charge in [0, 0.05) is 18.7 Å². The summed E-state index contributed by atoms with van der Waals surface area (Å²) in [6.07, 6.45) is 3.60. The summed E-state index contributed by atoms with van der Waals surface area (Å²) in [6, 6.07) is 2.27. The zero-order valence-corrected chi connectivity index (χ0v) is 8.60. The second-order valence-corrected chi connectivity index (χ2v) is 3.44. The van der Waals surface area contributed by atoms with Crippen LogP contribution in [-0.2, 0) is 11.2 Å². The van der Waals surface area contributed by atoms with Crippen LogP contribution in [0.5, 0.6) is 0 Å². The van der Waals surface area contributed by atoms with Crippen LogP contribution in [0.1, 0.15) is 38.4 Å². The molecule has 0 aromatic carbocycles. The largest absolute Gasteiger partial charge is 0.481 e. The van der Waals surface area contributed by atoms with Gasteiger partial charge < -0.3 is 5.11 Å². The second kappa shape index (κ2) is 4.79. The summed E-state index contributed by atoms with van der Waals surface area (Å²) in [5, 5.41) is 12.8. The topological polar surface area (TPSA) is 55.1 Å². The van der Waals surface area contributed by atoms with Crippen LogP contribution in [-0.4, -0.2) is 20.9 Å². The molecule has 0 saturated carbocycles. The van der Waals surface area contributed by atoms with Crippen LogP contribution >= 0.6 is 0 Å². The zero-order valence-electron chi connectivity index (χ0n) is 8.60. The van der Waals surface area contributed by atoms with Gasteiger partial charge in [0.25, 0.3) is 0 Å². The molecular formula is C10H16N2O2. The number of carbonyl (C=O) groups is 1. The normalized spacial score (nSPS) is 12.7. The average Bonchev–Trinajstić information content (AvgIpc) is 2.62. The van der Waals surface area contributed by atoms with Crippen LogP contribution in [0, 0.1) is 0 Å². The number of aryl methyl sites for hydroxylation is 1. The maximum Gasteiger partial charge on any atom is 0.303 e. The standard InChI is InChI=1S/C10H16N2O2/c1-3-8(2)12-7-6-9(11-12)4-5-10(13)14/h6-8H,3-5H2,1-2H3,(H,13,14). The van der Waals surface area contributed by atoms with E-state index in [0.717, 1.165) is 12.1 Å². The second-order valence-electron chi connectivity index (χ2n) is 3.44. The number of aromatic nitrogens is 2. The molecule has 14 heavy (non-hydrogen) atoms. The Morgan fingerprint density at radius 2 is 2.43 bits per heavy atom. The van der Waals surface area contributed by atoms with E-state index in [1.807, 2.05) is 16.9 Å². The Kier molecular flexibility index (Phi) is 3.68. The van der Waals surface area contributed by atoms with Crippen LogP contribution in [0.25, 0.3) is 0 Å². The van der Waals surface area contributed by atoms with Gasteiger partial charge in [0.15, 0.2) is 0 Å². The quantitative estimate of drug-likeness (QED) is 0.782. The fraction of sp³-hybridized carbons (Fsp3) is 0.600. The Morgan fingerprint density at radius 1 is 1.71 bits per heavy atom. The molecule has 1 N–H and O–H groups in total. The molecular weight excluding hydrogens is 180 g/mol. The molecule has 0 fully saturated rings. The van der Waals surface area contributed by atoms with Gasteiger partial charge >= 0.3 is 5.97 Å². The number of carboxylic acid groups (broad SMARTS) is 1. The molecule has 0 aliphatic rings. The molecule has 1 aromatic rings. The summed E-state index contributed by atoms with van der Waals surface area (Å²) in [6.45, 7) is 4.19. The average molecular weight is 196 g/mol. The molecule has 1 heterocycles. The highest BCUT2D eigenvalue weighted by molar-refractivity contribution is 5.66. The molecule has 1 unspecified atom stereocenters. The molecule has 0 bridgehead atoms. The van der Waals surface area contributed by atoms with E-state index >= 15 is 0 Å². The Labute approximate surface area is 83.5 Å². The Morgan fingerprint density at radius 3 is 3.00 bits per heavy atom. The van der Waals surface area contributed by atoms with Crippen LogP contribution in [0.3, 0.4) is 0 Å². The molecule has 4 nitrogen and oxygen atoms in total. The highest BCUT2D eigenvalue weighted by atomic mass is 16.4. The minimum absolute atomic E-state index is 0.150. The van der Waals surface area contributed by atoms with Crippen LogP contribution in [0.4, 0.5) is 0 Å². The van der Waals surface area contributed by atoms with E-state index in [1.54, 1.807) is 0 Å². The van der Waals surface area contributed by atoms with Gasteiger partial charge in [-0.05, 0) is 19.4 Å². The van der Waals surface area contributed by atoms with Gasteiger partial charge in [-0.3, -0.25) is 9.48 Å². The smallest absolute Gasteiger partial charge is 0.303 e. The zero-order chi connectivity index (χ0) is 10.6. The molecule has 4 heteroatoms. The minimum atomic E-state index is -0.775. The Hall–Kier alpha value is -1.32. The number of hydrogen-bond donors (Lipinski definition) is 1. The van der Waals surface area contributed by atoms with Crippen molar-refractivity contribution in [1.29, 1.82) is 0 Å². The van der Waals surface area contributed by atoms with Gasteiger partial charge in [-0.1, -0.05) is 6.92 Å². The van der Waals surface area contributed by atoms with Gasteiger partial charge in [-0.2, -0.15) is 5.10 Å². The summed E-state index contributed by atoms with van der Waals surface area (Å²) in [7, 11) is 0. The molecule has 78 valence electrons. The Balaban J connectivity index is 2.54. The number of carboxylic acids is 1. The van der Waals surface area contributed by atoms with Crippen molar-refractivity contribution in [3.8, 4) is 0 Å². The fourth-order valence-electron chi connectivity index (χ4n) is 1.18. The van der Waals surface area contributed by atoms with Crippen molar-refractivity contribution in [3.05, 3.63) is 18.0 Å². The van der Waals surface area contributed by atoms with Crippen molar-refractivity contribution in [2.75, 3.05) is 0 Å². The molecule has 0 saturated heterocycles. The van der Waals surface area contributed by atoms with Crippen LogP contribution < -0.4 is 0 Å². The maximum absolute atomic E-state index is 10.3. The first-order valence-corrected chi connectivity index (χ1v) is 4.89. The first-order chi connectivity index (χ1) is 6.63. The van der Waals surface area contributed by atoms with Gasteiger partial charge in [-0.15, -0.1) is 0 Å². The van der Waals surface area contributed by atoms with Crippen molar-refractivity contribution in [1.82, 2.24) is 9.78 Å². The fourth-order valence-corrected chi connectivity index (χ4v) is 1.18. The number of nitrogens with zero attached hydrogens (tertiary/aromatic N) is 2. The first kappa shape index (κ1) is 10.8. The maximum atomic E-state index is 10.3. The number of hydrogen-bond acceptors (Lipinski definition) is 2. The molecule has 0 aliphatic heterocycles. The number of rotatable bonds is 5. The molecule has 0 aliphatic carbocycles. The predicted octanol–water partition coefficient (Wildman–Crippen LogP) is 1.87. The third kappa shape index (κ3) is 2.87. The lowest BCUT2D eigenvalue weighted by molar-refractivity contribution is -0.136. The van der Waals surface area contributed by atoms with Crippen molar-refractivity contribution in [2.45, 2.75) is 39.2 Å². The lowest BCUT2D eigenvalue weighted by Crippen LogP contribution is -2.05. The summed E-state index contributed by atoms with van der Waals surface area (Å²) >= 11 is 0. The summed E-state index contributed by atoms with van der Waals surface area (Å²) in [5.74, 6) is -0.775. The Bertz CT molecular complexity index is 307. The van der Waals surface area contributed by atoms with Gasteiger partial charge in [0.05, 0.1) is 12.1 Å². The van der Waals surface area contributed by atoms with Crippen LogP contribution in [0.15, 0.2) is 12.3 Å². The minimum Gasteiger partial charge on any atom is -0.481 e. The van der Waals surface area contributed by atoms with E-state index in [0.29, 0.717) is 12.5 Å². The number of aliphatic carboxylic acids is 1. The lowest BCUT2D eigenvalue weighted by Gasteiger charge is -2.07. The van der Waals surface area contributed by atoms with Crippen molar-refractivity contribution >= 4 is 5.97 Å². The van der Waals surface area contributed by atoms with Crippen molar-refractivity contribution in [3.63, 3.8) is 0 Å². The first-order valence-electron chi connectivity index (χ1n) is 4.89. The molecule has 0 amide bonds. The highest BCUT2D eigenvalue weighted by Crippen LogP contribution is 2.09. The summed E-state index contributed by atoms with van der Waals surface area (Å²) in [5.41, 5.74) is 0.854. The SMILES string of the molecule is CCC(C)n1ccc(CCC(=O)O)n1. The lowest BCUT2D eigenvalue weighted by atomic mass is 10.2. The predicted molar refractivity (Wildman–Crippen MR) is 53.2 cm³/mol. The van der Waals surface area contributed by atoms with Crippen molar-refractivity contribution < 1.29 is 9.90 Å². The van der Waals surface area contributed by atoms with E-state index in [4.69, 9.17) is 5.11 Å². The molecule has 1 aromatic heterocycles. The third-order valence-corrected chi connectivity index (χ3v) is 2.30. The highest BCUT2D eigenvalue weighted by Gasteiger charge is 2.05. The van der Waals surface area contributed by atoms with Crippen molar-refractivity contribution in [2.24, 2.45) is 0 Å². The van der Waals surface area contributed by atoms with Crippen LogP contribution in [0.2, 0.25) is 0 Å².